The first-order valence-corrected chi connectivity index (χ1v) is 9.09. The van der Waals surface area contributed by atoms with Gasteiger partial charge < -0.3 is 9.26 Å². The van der Waals surface area contributed by atoms with E-state index >= 15 is 0 Å². The lowest BCUT2D eigenvalue weighted by molar-refractivity contribution is 0.393. The zero-order valence-corrected chi connectivity index (χ0v) is 16.3. The number of hydrogen-bond donors (Lipinski definition) is 0. The molecule has 28 heavy (non-hydrogen) atoms. The monoisotopic (exact) mass is 375 g/mol. The molecule has 0 aliphatic rings. The van der Waals surface area contributed by atoms with Gasteiger partial charge in [-0.3, -0.25) is 14.3 Å². The van der Waals surface area contributed by atoms with Crippen molar-refractivity contribution >= 4 is 10.9 Å². The second kappa shape index (κ2) is 6.96. The molecule has 0 aliphatic heterocycles. The highest BCUT2D eigenvalue weighted by atomic mass is 16.5. The Hall–Kier alpha value is -3.41. The third-order valence-electron chi connectivity index (χ3n) is 5.06. The topological polar surface area (TPSA) is 70.2 Å². The number of methoxy groups -OCH3 is 1. The Morgan fingerprint density at radius 2 is 1.86 bits per heavy atom. The molecule has 0 N–H and O–H groups in total. The smallest absolute Gasteiger partial charge is 0.251 e. The number of nitrogens with zero attached hydrogens (tertiary/aromatic N) is 3. The number of benzene rings is 1. The van der Waals surface area contributed by atoms with Gasteiger partial charge in [0.1, 0.15) is 11.5 Å². The minimum atomic E-state index is -0.260. The van der Waals surface area contributed by atoms with Crippen molar-refractivity contribution < 1.29 is 9.26 Å². The van der Waals surface area contributed by atoms with Crippen LogP contribution in [0.15, 0.2) is 58.0 Å². The average molecular weight is 375 g/mol. The highest BCUT2D eigenvalue weighted by molar-refractivity contribution is 5.98. The maximum Gasteiger partial charge on any atom is 0.251 e. The molecular formula is C22H21N3O3. The second-order valence-electron chi connectivity index (χ2n) is 6.75. The number of pyridine rings is 2. The van der Waals surface area contributed by atoms with Gasteiger partial charge in [0.25, 0.3) is 5.56 Å². The normalized spacial score (nSPS) is 12.3. The van der Waals surface area contributed by atoms with E-state index in [1.165, 1.54) is 0 Å². The van der Waals surface area contributed by atoms with Crippen molar-refractivity contribution in [1.29, 1.82) is 0 Å². The van der Waals surface area contributed by atoms with Gasteiger partial charge in [0.05, 0.1) is 41.2 Å². The summed E-state index contributed by atoms with van der Waals surface area (Å²) >= 11 is 0. The third kappa shape index (κ3) is 2.78. The number of aromatic nitrogens is 3. The molecule has 0 aliphatic carbocycles. The van der Waals surface area contributed by atoms with Gasteiger partial charge in [-0.1, -0.05) is 11.2 Å². The van der Waals surface area contributed by atoms with Crippen LogP contribution in [0.1, 0.15) is 30.1 Å². The first kappa shape index (κ1) is 18.0. The molecule has 142 valence electrons. The molecule has 0 saturated carbocycles. The molecule has 3 aromatic heterocycles. The summed E-state index contributed by atoms with van der Waals surface area (Å²) < 4.78 is 12.8. The Labute approximate surface area is 162 Å². The maximum absolute atomic E-state index is 13.0. The van der Waals surface area contributed by atoms with Crippen LogP contribution in [0.2, 0.25) is 0 Å². The molecular weight excluding hydrogens is 354 g/mol. The summed E-state index contributed by atoms with van der Waals surface area (Å²) in [7, 11) is 1.62. The fourth-order valence-corrected chi connectivity index (χ4v) is 3.73. The van der Waals surface area contributed by atoms with Crippen LogP contribution in [0.3, 0.4) is 0 Å². The lowest BCUT2D eigenvalue weighted by Gasteiger charge is -2.21. The van der Waals surface area contributed by atoms with E-state index in [4.69, 9.17) is 9.26 Å². The molecule has 1 unspecified atom stereocenters. The van der Waals surface area contributed by atoms with Gasteiger partial charge in [-0.05, 0) is 56.5 Å². The predicted molar refractivity (Wildman–Crippen MR) is 108 cm³/mol. The molecule has 1 aromatic carbocycles. The van der Waals surface area contributed by atoms with Crippen molar-refractivity contribution in [2.24, 2.45) is 0 Å². The standard InChI is InChI=1S/C22H21N3O3/c1-13-20(15(3)28-24-13)21-18(27-4)10-8-16-9-11-19(26)25(22(16)21)14(2)17-7-5-6-12-23-17/h5-12,14H,1-4H3. The molecule has 0 fully saturated rings. The van der Waals surface area contributed by atoms with Crippen LogP contribution in [-0.2, 0) is 0 Å². The first-order chi connectivity index (χ1) is 13.5. The van der Waals surface area contributed by atoms with Crippen LogP contribution >= 0.6 is 0 Å². The minimum absolute atomic E-state index is 0.105. The Kier molecular flexibility index (Phi) is 4.47. The molecule has 0 bridgehead atoms. The summed E-state index contributed by atoms with van der Waals surface area (Å²) in [6.07, 6.45) is 1.73. The highest BCUT2D eigenvalue weighted by Crippen LogP contribution is 2.40. The molecule has 3 heterocycles. The second-order valence-corrected chi connectivity index (χ2v) is 6.75. The summed E-state index contributed by atoms with van der Waals surface area (Å²) in [4.78, 5) is 17.4. The number of rotatable bonds is 4. The average Bonchev–Trinajstić information content (AvgIpc) is 3.05. The van der Waals surface area contributed by atoms with Gasteiger partial charge in [0, 0.05) is 12.3 Å². The van der Waals surface area contributed by atoms with Gasteiger partial charge in [-0.2, -0.15) is 0 Å². The Balaban J connectivity index is 2.14. The zero-order valence-electron chi connectivity index (χ0n) is 16.3. The molecule has 0 spiro atoms. The SMILES string of the molecule is COc1ccc2ccc(=O)n(C(C)c3ccccn3)c2c1-c1c(C)noc1C. The number of hydrogen-bond acceptors (Lipinski definition) is 5. The molecule has 0 radical (unpaired) electrons. The van der Waals surface area contributed by atoms with E-state index in [-0.39, 0.29) is 11.6 Å². The Morgan fingerprint density at radius 3 is 2.50 bits per heavy atom. The van der Waals surface area contributed by atoms with E-state index < -0.39 is 0 Å². The molecule has 4 aromatic rings. The summed E-state index contributed by atoms with van der Waals surface area (Å²) in [6.45, 7) is 5.72. The summed E-state index contributed by atoms with van der Waals surface area (Å²) in [5.74, 6) is 1.34. The van der Waals surface area contributed by atoms with Crippen LogP contribution in [0.4, 0.5) is 0 Å². The van der Waals surface area contributed by atoms with E-state index in [1.807, 2.05) is 57.2 Å². The summed E-state index contributed by atoms with van der Waals surface area (Å²) in [5.41, 5.74) is 3.87. The lowest BCUT2D eigenvalue weighted by Crippen LogP contribution is -2.24. The quantitative estimate of drug-likeness (QED) is 0.532. The minimum Gasteiger partial charge on any atom is -0.496 e. The van der Waals surface area contributed by atoms with Crippen LogP contribution in [0, 0.1) is 13.8 Å². The van der Waals surface area contributed by atoms with E-state index in [1.54, 1.807) is 23.9 Å². The number of fused-ring (bicyclic) bond motifs is 1. The van der Waals surface area contributed by atoms with Crippen molar-refractivity contribution in [3.05, 3.63) is 76.2 Å². The van der Waals surface area contributed by atoms with Gasteiger partial charge in [0.2, 0.25) is 0 Å². The Morgan fingerprint density at radius 1 is 1.07 bits per heavy atom. The third-order valence-corrected chi connectivity index (χ3v) is 5.06. The highest BCUT2D eigenvalue weighted by Gasteiger charge is 2.23. The van der Waals surface area contributed by atoms with Crippen molar-refractivity contribution in [1.82, 2.24) is 14.7 Å². The van der Waals surface area contributed by atoms with E-state index in [9.17, 15) is 4.79 Å². The first-order valence-electron chi connectivity index (χ1n) is 9.09. The van der Waals surface area contributed by atoms with Crippen molar-refractivity contribution in [2.75, 3.05) is 7.11 Å². The fraction of sp³-hybridized carbons (Fsp3) is 0.227. The summed E-state index contributed by atoms with van der Waals surface area (Å²) in [6, 6.07) is 12.7. The van der Waals surface area contributed by atoms with Gasteiger partial charge in [0.15, 0.2) is 0 Å². The Bertz CT molecular complexity index is 1190. The number of ether oxygens (including phenoxy) is 1. The van der Waals surface area contributed by atoms with Gasteiger partial charge in [-0.25, -0.2) is 0 Å². The van der Waals surface area contributed by atoms with Crippen molar-refractivity contribution in [3.63, 3.8) is 0 Å². The molecule has 6 nitrogen and oxygen atoms in total. The number of aryl methyl sites for hydroxylation is 2. The van der Waals surface area contributed by atoms with E-state index in [2.05, 4.69) is 10.1 Å². The van der Waals surface area contributed by atoms with Crippen LogP contribution in [0.5, 0.6) is 5.75 Å². The van der Waals surface area contributed by atoms with Crippen molar-refractivity contribution in [3.8, 4) is 16.9 Å². The van der Waals surface area contributed by atoms with E-state index in [0.29, 0.717) is 11.5 Å². The molecule has 1 atom stereocenters. The largest absolute Gasteiger partial charge is 0.496 e. The molecule has 0 saturated heterocycles. The molecule has 6 heteroatoms. The van der Waals surface area contributed by atoms with Crippen LogP contribution < -0.4 is 10.3 Å². The van der Waals surface area contributed by atoms with Crippen molar-refractivity contribution in [2.45, 2.75) is 26.8 Å². The predicted octanol–water partition coefficient (Wildman–Crippen LogP) is 4.29. The maximum atomic E-state index is 13.0. The van der Waals surface area contributed by atoms with Crippen LogP contribution in [-0.4, -0.2) is 21.8 Å². The summed E-state index contributed by atoms with van der Waals surface area (Å²) in [5, 5.41) is 5.03. The van der Waals surface area contributed by atoms with E-state index in [0.717, 1.165) is 33.4 Å². The fourth-order valence-electron chi connectivity index (χ4n) is 3.73. The van der Waals surface area contributed by atoms with Crippen LogP contribution in [0.25, 0.3) is 22.0 Å². The van der Waals surface area contributed by atoms with Gasteiger partial charge in [-0.15, -0.1) is 0 Å². The van der Waals surface area contributed by atoms with Gasteiger partial charge >= 0.3 is 0 Å². The lowest BCUT2D eigenvalue weighted by atomic mass is 9.98. The molecule has 4 rings (SSSR count). The molecule has 0 amide bonds. The zero-order chi connectivity index (χ0) is 19.8.